The molecule has 2 aromatic carbocycles. The summed E-state index contributed by atoms with van der Waals surface area (Å²) in [6.45, 7) is 9.05. The molecule has 1 unspecified atom stereocenters. The third-order valence-electron chi connectivity index (χ3n) is 3.68. The second-order valence-corrected chi connectivity index (χ2v) is 5.99. The molecule has 0 aliphatic carbocycles. The predicted octanol–water partition coefficient (Wildman–Crippen LogP) is 4.08. The third kappa shape index (κ3) is 4.33. The molecule has 2 aromatic rings. The average molecular weight is 283 g/mol. The third-order valence-corrected chi connectivity index (χ3v) is 3.68. The van der Waals surface area contributed by atoms with Gasteiger partial charge in [-0.25, -0.2) is 0 Å². The molecule has 112 valence electrons. The lowest BCUT2D eigenvalue weighted by Crippen LogP contribution is -2.17. The molecular formula is C19H25NO. The molecule has 0 fully saturated rings. The number of hydrogen-bond donors (Lipinski definition) is 1. The molecule has 0 saturated carbocycles. The monoisotopic (exact) mass is 283 g/mol. The van der Waals surface area contributed by atoms with Crippen molar-refractivity contribution in [3.8, 4) is 5.75 Å². The van der Waals surface area contributed by atoms with E-state index in [0.717, 1.165) is 12.2 Å². The molecule has 2 N–H and O–H groups in total. The molecule has 1 atom stereocenters. The van der Waals surface area contributed by atoms with Crippen LogP contribution in [0, 0.1) is 20.8 Å². The van der Waals surface area contributed by atoms with Crippen LogP contribution < -0.4 is 10.5 Å². The highest BCUT2D eigenvalue weighted by Crippen LogP contribution is 2.20. The molecule has 0 aromatic heterocycles. The van der Waals surface area contributed by atoms with Crippen LogP contribution in [0.15, 0.2) is 36.4 Å². The summed E-state index contributed by atoms with van der Waals surface area (Å²) in [6, 6.07) is 12.8. The first-order valence-electron chi connectivity index (χ1n) is 7.49. The summed E-state index contributed by atoms with van der Waals surface area (Å²) in [5.74, 6) is 0.910. The van der Waals surface area contributed by atoms with E-state index in [0.29, 0.717) is 6.61 Å². The van der Waals surface area contributed by atoms with Crippen LogP contribution in [-0.4, -0.2) is 6.04 Å². The van der Waals surface area contributed by atoms with E-state index >= 15 is 0 Å². The Labute approximate surface area is 127 Å². The zero-order valence-electron chi connectivity index (χ0n) is 13.4. The van der Waals surface area contributed by atoms with Gasteiger partial charge in [0.15, 0.2) is 0 Å². The summed E-state index contributed by atoms with van der Waals surface area (Å²) in [4.78, 5) is 0. The van der Waals surface area contributed by atoms with Gasteiger partial charge in [-0.3, -0.25) is 0 Å². The second-order valence-electron chi connectivity index (χ2n) is 5.99. The normalized spacial score (nSPS) is 12.2. The topological polar surface area (TPSA) is 35.2 Å². The van der Waals surface area contributed by atoms with Crippen LogP contribution in [0.4, 0.5) is 0 Å². The standard InChI is InChI=1S/C19H25NO/c1-13-8-14(2)19(15(3)9-13)12-21-18-7-5-6-17(11-18)10-16(4)20/h5-9,11,16H,10,12,20H2,1-4H3. The molecule has 0 heterocycles. The highest BCUT2D eigenvalue weighted by Gasteiger charge is 2.06. The van der Waals surface area contributed by atoms with Crippen molar-refractivity contribution in [1.82, 2.24) is 0 Å². The fraction of sp³-hybridized carbons (Fsp3) is 0.368. The second kappa shape index (κ2) is 6.77. The number of nitrogens with two attached hydrogens (primary N) is 1. The average Bonchev–Trinajstić information content (AvgIpc) is 2.37. The largest absolute Gasteiger partial charge is 0.489 e. The van der Waals surface area contributed by atoms with E-state index in [2.05, 4.69) is 45.0 Å². The lowest BCUT2D eigenvalue weighted by molar-refractivity contribution is 0.304. The molecule has 0 saturated heterocycles. The molecule has 0 aliphatic heterocycles. The number of ether oxygens (including phenoxy) is 1. The van der Waals surface area contributed by atoms with Gasteiger partial charge in [0.25, 0.3) is 0 Å². The van der Waals surface area contributed by atoms with E-state index in [4.69, 9.17) is 10.5 Å². The summed E-state index contributed by atoms with van der Waals surface area (Å²) in [5.41, 5.74) is 12.2. The van der Waals surface area contributed by atoms with Crippen molar-refractivity contribution >= 4 is 0 Å². The van der Waals surface area contributed by atoms with Crippen molar-refractivity contribution in [2.75, 3.05) is 0 Å². The SMILES string of the molecule is Cc1cc(C)c(COc2cccc(CC(C)N)c2)c(C)c1. The summed E-state index contributed by atoms with van der Waals surface area (Å²) in [6.07, 6.45) is 0.875. The smallest absolute Gasteiger partial charge is 0.120 e. The van der Waals surface area contributed by atoms with Crippen molar-refractivity contribution < 1.29 is 4.74 Å². The molecule has 0 aliphatic rings. The molecule has 0 spiro atoms. The zero-order valence-corrected chi connectivity index (χ0v) is 13.4. The minimum Gasteiger partial charge on any atom is -0.489 e. The van der Waals surface area contributed by atoms with E-state index in [9.17, 15) is 0 Å². The van der Waals surface area contributed by atoms with Gasteiger partial charge < -0.3 is 10.5 Å². The Balaban J connectivity index is 2.10. The minimum absolute atomic E-state index is 0.168. The molecule has 0 bridgehead atoms. The highest BCUT2D eigenvalue weighted by molar-refractivity contribution is 5.37. The van der Waals surface area contributed by atoms with Crippen LogP contribution in [0.2, 0.25) is 0 Å². The van der Waals surface area contributed by atoms with Crippen molar-refractivity contribution in [3.05, 3.63) is 64.2 Å². The van der Waals surface area contributed by atoms with Crippen molar-refractivity contribution in [3.63, 3.8) is 0 Å². The first-order valence-corrected chi connectivity index (χ1v) is 7.49. The molecule has 2 heteroatoms. The minimum atomic E-state index is 0.168. The Kier molecular flexibility index (Phi) is 5.03. The van der Waals surface area contributed by atoms with Gasteiger partial charge in [-0.05, 0) is 68.5 Å². The van der Waals surface area contributed by atoms with Gasteiger partial charge in [-0.15, -0.1) is 0 Å². The zero-order chi connectivity index (χ0) is 15.4. The number of aryl methyl sites for hydroxylation is 3. The summed E-state index contributed by atoms with van der Waals surface area (Å²) < 4.78 is 5.98. The molecular weight excluding hydrogens is 258 g/mol. The Morgan fingerprint density at radius 1 is 1.05 bits per heavy atom. The van der Waals surface area contributed by atoms with E-state index in [1.165, 1.54) is 27.8 Å². The molecule has 2 nitrogen and oxygen atoms in total. The lowest BCUT2D eigenvalue weighted by atomic mass is 10.0. The number of rotatable bonds is 5. The Morgan fingerprint density at radius 2 is 1.71 bits per heavy atom. The van der Waals surface area contributed by atoms with Crippen molar-refractivity contribution in [2.45, 2.75) is 46.8 Å². The van der Waals surface area contributed by atoms with Crippen molar-refractivity contribution in [2.24, 2.45) is 5.73 Å². The maximum atomic E-state index is 5.98. The molecule has 21 heavy (non-hydrogen) atoms. The van der Waals surface area contributed by atoms with Gasteiger partial charge in [0.1, 0.15) is 12.4 Å². The summed E-state index contributed by atoms with van der Waals surface area (Å²) in [7, 11) is 0. The maximum Gasteiger partial charge on any atom is 0.120 e. The summed E-state index contributed by atoms with van der Waals surface area (Å²) in [5, 5.41) is 0. The van der Waals surface area contributed by atoms with Crippen LogP contribution in [0.25, 0.3) is 0 Å². The van der Waals surface area contributed by atoms with Crippen LogP contribution in [0.3, 0.4) is 0 Å². The van der Waals surface area contributed by atoms with Crippen molar-refractivity contribution in [1.29, 1.82) is 0 Å². The fourth-order valence-corrected chi connectivity index (χ4v) is 2.73. The van der Waals surface area contributed by atoms with Gasteiger partial charge in [0, 0.05) is 6.04 Å². The first kappa shape index (κ1) is 15.6. The highest BCUT2D eigenvalue weighted by atomic mass is 16.5. The van der Waals surface area contributed by atoms with Gasteiger partial charge in [-0.1, -0.05) is 29.8 Å². The van der Waals surface area contributed by atoms with E-state index < -0.39 is 0 Å². The van der Waals surface area contributed by atoms with Crippen LogP contribution in [-0.2, 0) is 13.0 Å². The van der Waals surface area contributed by atoms with Gasteiger partial charge in [0.05, 0.1) is 0 Å². The lowest BCUT2D eigenvalue weighted by Gasteiger charge is -2.14. The quantitative estimate of drug-likeness (QED) is 0.897. The van der Waals surface area contributed by atoms with Crippen LogP contribution >= 0.6 is 0 Å². The predicted molar refractivity (Wildman–Crippen MR) is 88.8 cm³/mol. The molecule has 0 amide bonds. The Morgan fingerprint density at radius 3 is 2.33 bits per heavy atom. The van der Waals surface area contributed by atoms with E-state index in [-0.39, 0.29) is 6.04 Å². The van der Waals surface area contributed by atoms with Crippen LogP contribution in [0.1, 0.15) is 34.7 Å². The van der Waals surface area contributed by atoms with E-state index in [1.54, 1.807) is 0 Å². The Bertz CT molecular complexity index is 594. The van der Waals surface area contributed by atoms with Crippen LogP contribution in [0.5, 0.6) is 5.75 Å². The first-order chi connectivity index (χ1) is 9.95. The summed E-state index contributed by atoms with van der Waals surface area (Å²) >= 11 is 0. The van der Waals surface area contributed by atoms with E-state index in [1.807, 2.05) is 19.1 Å². The maximum absolute atomic E-state index is 5.98. The van der Waals surface area contributed by atoms with Gasteiger partial charge in [-0.2, -0.15) is 0 Å². The number of benzene rings is 2. The van der Waals surface area contributed by atoms with Gasteiger partial charge >= 0.3 is 0 Å². The fourth-order valence-electron chi connectivity index (χ4n) is 2.73. The Hall–Kier alpha value is -1.80. The number of hydrogen-bond acceptors (Lipinski definition) is 2. The van der Waals surface area contributed by atoms with Gasteiger partial charge in [0.2, 0.25) is 0 Å². The molecule has 2 rings (SSSR count). The molecule has 0 radical (unpaired) electrons.